The third kappa shape index (κ3) is 6.61. The Hall–Kier alpha value is -2.92. The molecule has 4 nitrogen and oxygen atoms in total. The summed E-state index contributed by atoms with van der Waals surface area (Å²) in [6.45, 7) is 5.32. The number of nitrogens with one attached hydrogen (secondary N) is 1. The first-order chi connectivity index (χ1) is 17.0. The molecule has 1 heterocycles. The molecule has 0 atom stereocenters. The van der Waals surface area contributed by atoms with Crippen LogP contribution in [0.15, 0.2) is 72.8 Å². The highest BCUT2D eigenvalue weighted by atomic mass is 35.5. The molecule has 182 valence electrons. The fourth-order valence-corrected chi connectivity index (χ4v) is 4.90. The minimum atomic E-state index is -0.0663. The zero-order chi connectivity index (χ0) is 24.6. The zero-order valence-electron chi connectivity index (χ0n) is 20.2. The molecule has 0 unspecified atom stereocenters. The van der Waals surface area contributed by atoms with Crippen LogP contribution in [-0.2, 0) is 0 Å². The van der Waals surface area contributed by atoms with Gasteiger partial charge in [0.15, 0.2) is 5.78 Å². The highest BCUT2D eigenvalue weighted by Crippen LogP contribution is 2.28. The van der Waals surface area contributed by atoms with Crippen molar-refractivity contribution in [3.63, 3.8) is 0 Å². The van der Waals surface area contributed by atoms with Crippen LogP contribution in [0.5, 0.6) is 0 Å². The molecule has 1 fully saturated rings. The summed E-state index contributed by atoms with van der Waals surface area (Å²) >= 11 is 6.54. The molecule has 35 heavy (non-hydrogen) atoms. The van der Waals surface area contributed by atoms with Crippen LogP contribution >= 0.6 is 11.6 Å². The van der Waals surface area contributed by atoms with Crippen LogP contribution in [0.4, 0.5) is 11.4 Å². The summed E-state index contributed by atoms with van der Waals surface area (Å²) in [7, 11) is 0. The largest absolute Gasteiger partial charge is 0.396 e. The van der Waals surface area contributed by atoms with Crippen molar-refractivity contribution in [1.29, 1.82) is 0 Å². The Morgan fingerprint density at radius 1 is 1.06 bits per heavy atom. The molecule has 4 rings (SSSR count). The number of hydrogen-bond donors (Lipinski definition) is 2. The lowest BCUT2D eigenvalue weighted by Gasteiger charge is -2.30. The van der Waals surface area contributed by atoms with E-state index in [0.29, 0.717) is 28.7 Å². The van der Waals surface area contributed by atoms with E-state index in [1.54, 1.807) is 6.07 Å². The van der Waals surface area contributed by atoms with Crippen molar-refractivity contribution in [2.45, 2.75) is 26.2 Å². The number of ketones is 1. The Labute approximate surface area is 213 Å². The van der Waals surface area contributed by atoms with Gasteiger partial charge in [-0.05, 0) is 80.6 Å². The topological polar surface area (TPSA) is 52.6 Å². The maximum atomic E-state index is 13.0. The Kier molecular flexibility index (Phi) is 8.75. The van der Waals surface area contributed by atoms with Crippen molar-refractivity contribution in [2.75, 3.05) is 31.6 Å². The van der Waals surface area contributed by atoms with E-state index in [1.165, 1.54) is 0 Å². The van der Waals surface area contributed by atoms with Crippen LogP contribution in [0, 0.1) is 12.8 Å². The smallest absolute Gasteiger partial charge is 0.194 e. The van der Waals surface area contributed by atoms with Crippen LogP contribution in [0.2, 0.25) is 5.02 Å². The van der Waals surface area contributed by atoms with Gasteiger partial charge in [0, 0.05) is 35.7 Å². The Balaban J connectivity index is 1.41. The predicted octanol–water partition coefficient (Wildman–Crippen LogP) is 6.73. The number of nitrogens with zero attached hydrogens (tertiary/aromatic N) is 1. The number of likely N-dealkylation sites (tertiary alicyclic amines) is 1. The first kappa shape index (κ1) is 25.2. The van der Waals surface area contributed by atoms with Crippen LogP contribution in [0.1, 0.15) is 46.3 Å². The van der Waals surface area contributed by atoms with E-state index >= 15 is 0 Å². The molecule has 1 aliphatic heterocycles. The van der Waals surface area contributed by atoms with Gasteiger partial charge in [0.05, 0.1) is 5.02 Å². The third-order valence-electron chi connectivity index (χ3n) is 6.75. The number of anilines is 2. The molecule has 0 spiro atoms. The van der Waals surface area contributed by atoms with E-state index in [9.17, 15) is 4.79 Å². The number of rotatable bonds is 9. The van der Waals surface area contributed by atoms with Crippen molar-refractivity contribution < 1.29 is 9.90 Å². The lowest BCUT2D eigenvalue weighted by atomic mass is 9.94. The molecule has 0 amide bonds. The highest BCUT2D eigenvalue weighted by Gasteiger charge is 2.18. The summed E-state index contributed by atoms with van der Waals surface area (Å²) in [6, 6.07) is 21.2. The predicted molar refractivity (Wildman–Crippen MR) is 146 cm³/mol. The molecule has 1 saturated heterocycles. The number of carbonyl (C=O) groups excluding carboxylic acids is 1. The minimum Gasteiger partial charge on any atom is -0.396 e. The van der Waals surface area contributed by atoms with E-state index in [2.05, 4.69) is 28.4 Å². The van der Waals surface area contributed by atoms with Crippen molar-refractivity contribution in [3.05, 3.63) is 100 Å². The van der Waals surface area contributed by atoms with E-state index in [1.807, 2.05) is 61.5 Å². The van der Waals surface area contributed by atoms with E-state index < -0.39 is 0 Å². The molecule has 0 aliphatic carbocycles. The number of aliphatic hydroxyl groups is 1. The minimum absolute atomic E-state index is 0.0663. The van der Waals surface area contributed by atoms with Crippen molar-refractivity contribution in [1.82, 2.24) is 4.90 Å². The molecule has 1 aliphatic rings. The average molecular weight is 489 g/mol. The first-order valence-electron chi connectivity index (χ1n) is 12.3. The number of aliphatic hydroxyl groups excluding tert-OH is 1. The second kappa shape index (κ2) is 12.2. The van der Waals surface area contributed by atoms with Gasteiger partial charge in [0.1, 0.15) is 0 Å². The van der Waals surface area contributed by atoms with Crippen LogP contribution in [-0.4, -0.2) is 42.0 Å². The number of piperidine rings is 1. The van der Waals surface area contributed by atoms with Gasteiger partial charge in [-0.1, -0.05) is 66.2 Å². The number of carbonyl (C=O) groups is 1. The molecule has 3 aromatic carbocycles. The fraction of sp³-hybridized carbons (Fsp3) is 0.300. The van der Waals surface area contributed by atoms with Crippen LogP contribution in [0.3, 0.4) is 0 Å². The molecule has 0 saturated carbocycles. The van der Waals surface area contributed by atoms with Crippen molar-refractivity contribution in [3.8, 4) is 0 Å². The molecule has 2 N–H and O–H groups in total. The molecular weight excluding hydrogens is 456 g/mol. The highest BCUT2D eigenvalue weighted by molar-refractivity contribution is 6.35. The molecule has 0 aromatic heterocycles. The lowest BCUT2D eigenvalue weighted by Crippen LogP contribution is -2.34. The second-order valence-corrected chi connectivity index (χ2v) is 9.62. The molecule has 0 radical (unpaired) electrons. The van der Waals surface area contributed by atoms with Gasteiger partial charge in [0.25, 0.3) is 0 Å². The van der Waals surface area contributed by atoms with Gasteiger partial charge in [-0.2, -0.15) is 0 Å². The second-order valence-electron chi connectivity index (χ2n) is 9.21. The molecule has 3 aromatic rings. The summed E-state index contributed by atoms with van der Waals surface area (Å²) in [5, 5.41) is 13.0. The SMILES string of the molecule is Cc1ccccc1C(=O)c1ccc(Nc2ccccc2C=CCN2CCC(CCO)CC2)cc1Cl. The fourth-order valence-electron chi connectivity index (χ4n) is 4.63. The summed E-state index contributed by atoms with van der Waals surface area (Å²) in [6.07, 6.45) is 7.61. The molecule has 5 heteroatoms. The monoisotopic (exact) mass is 488 g/mol. The van der Waals surface area contributed by atoms with Gasteiger partial charge >= 0.3 is 0 Å². The summed E-state index contributed by atoms with van der Waals surface area (Å²) in [5.41, 5.74) is 5.03. The van der Waals surface area contributed by atoms with Gasteiger partial charge in [-0.15, -0.1) is 0 Å². The van der Waals surface area contributed by atoms with Gasteiger partial charge in [0.2, 0.25) is 0 Å². The number of halogens is 1. The maximum Gasteiger partial charge on any atom is 0.194 e. The zero-order valence-corrected chi connectivity index (χ0v) is 21.0. The number of benzene rings is 3. The maximum absolute atomic E-state index is 13.0. The first-order valence-corrected chi connectivity index (χ1v) is 12.7. The molecule has 0 bridgehead atoms. The van der Waals surface area contributed by atoms with Gasteiger partial charge < -0.3 is 10.4 Å². The van der Waals surface area contributed by atoms with E-state index in [0.717, 1.165) is 61.4 Å². The average Bonchev–Trinajstić information content (AvgIpc) is 2.86. The summed E-state index contributed by atoms with van der Waals surface area (Å²) in [5.74, 6) is 0.596. The van der Waals surface area contributed by atoms with E-state index in [4.69, 9.17) is 16.7 Å². The summed E-state index contributed by atoms with van der Waals surface area (Å²) in [4.78, 5) is 15.4. The quantitative estimate of drug-likeness (QED) is 0.328. The number of hydrogen-bond acceptors (Lipinski definition) is 4. The van der Waals surface area contributed by atoms with Crippen molar-refractivity contribution in [2.24, 2.45) is 5.92 Å². The van der Waals surface area contributed by atoms with E-state index in [-0.39, 0.29) is 5.78 Å². The Morgan fingerprint density at radius 3 is 2.54 bits per heavy atom. The van der Waals surface area contributed by atoms with Crippen molar-refractivity contribution >= 4 is 34.8 Å². The van der Waals surface area contributed by atoms with Crippen LogP contribution < -0.4 is 5.32 Å². The lowest BCUT2D eigenvalue weighted by molar-refractivity contribution is 0.103. The molecular formula is C30H33ClN2O2. The van der Waals surface area contributed by atoms with Gasteiger partial charge in [-0.25, -0.2) is 0 Å². The normalized spacial score (nSPS) is 14.9. The Morgan fingerprint density at radius 2 is 1.80 bits per heavy atom. The summed E-state index contributed by atoms with van der Waals surface area (Å²) < 4.78 is 0. The third-order valence-corrected chi connectivity index (χ3v) is 7.06. The Bertz CT molecular complexity index is 1180. The number of aryl methyl sites for hydroxylation is 1. The number of para-hydroxylation sites is 1. The standard InChI is InChI=1S/C30H33ClN2O2/c1-22-7-2-4-10-26(22)30(35)27-13-12-25(21-28(27)31)32-29-11-5-3-8-24(29)9-6-17-33-18-14-23(15-19-33)16-20-34/h2-13,21,23,32,34H,14-20H2,1H3. The van der Waals surface area contributed by atoms with Gasteiger partial charge in [-0.3, -0.25) is 9.69 Å². The van der Waals surface area contributed by atoms with Crippen LogP contribution in [0.25, 0.3) is 6.08 Å².